The predicted octanol–water partition coefficient (Wildman–Crippen LogP) is 1.50. The Morgan fingerprint density at radius 2 is 1.89 bits per heavy atom. The third-order valence-electron chi connectivity index (χ3n) is 3.81. The number of aromatic nitrogens is 2. The van der Waals surface area contributed by atoms with Gasteiger partial charge >= 0.3 is 0 Å². The zero-order valence-corrected chi connectivity index (χ0v) is 16.7. The number of thioether (sulfide) groups is 1. The van der Waals surface area contributed by atoms with Crippen LogP contribution in [-0.2, 0) is 9.59 Å². The van der Waals surface area contributed by atoms with Gasteiger partial charge in [-0.3, -0.25) is 9.59 Å². The highest BCUT2D eigenvalue weighted by molar-refractivity contribution is 8.01. The summed E-state index contributed by atoms with van der Waals surface area (Å²) >= 11 is 8.53. The lowest BCUT2D eigenvalue weighted by Crippen LogP contribution is -2.50. The van der Waals surface area contributed by atoms with Crippen LogP contribution in [-0.4, -0.2) is 65.5 Å². The lowest BCUT2D eigenvalue weighted by molar-refractivity contribution is -0.133. The standard InChI is InChI=1S/C16H18ClN5O3S2/c17-11-1-3-12(4-2-11)25-9-14(24)21-5-7-22(8-6-21)15-19-20-16(27-15)26-10-13(18)23/h1-4H,5-10H2,(H2,18,23). The summed E-state index contributed by atoms with van der Waals surface area (Å²) in [6, 6.07) is 6.91. The molecule has 11 heteroatoms. The number of carbonyl (C=O) groups is 2. The van der Waals surface area contributed by atoms with E-state index in [4.69, 9.17) is 22.1 Å². The van der Waals surface area contributed by atoms with Gasteiger partial charge in [-0.2, -0.15) is 0 Å². The molecule has 0 spiro atoms. The first-order valence-electron chi connectivity index (χ1n) is 8.17. The Hall–Kier alpha value is -2.04. The van der Waals surface area contributed by atoms with Crippen molar-refractivity contribution in [3.8, 4) is 5.75 Å². The molecule has 2 heterocycles. The molecule has 144 valence electrons. The van der Waals surface area contributed by atoms with Crippen molar-refractivity contribution in [3.05, 3.63) is 29.3 Å². The van der Waals surface area contributed by atoms with Crippen molar-refractivity contribution in [2.45, 2.75) is 4.34 Å². The van der Waals surface area contributed by atoms with Crippen molar-refractivity contribution < 1.29 is 14.3 Å². The molecule has 0 aliphatic carbocycles. The number of primary amides is 1. The second-order valence-electron chi connectivity index (χ2n) is 5.72. The minimum absolute atomic E-state index is 0.00561. The van der Waals surface area contributed by atoms with Crippen LogP contribution in [0.5, 0.6) is 5.75 Å². The van der Waals surface area contributed by atoms with E-state index in [1.54, 1.807) is 29.2 Å². The number of amides is 2. The molecule has 2 amide bonds. The fourth-order valence-corrected chi connectivity index (χ4v) is 4.19. The molecule has 8 nitrogen and oxygen atoms in total. The van der Waals surface area contributed by atoms with Crippen LogP contribution in [0.2, 0.25) is 5.02 Å². The SMILES string of the molecule is NC(=O)CSc1nnc(N2CCN(C(=O)COc3ccc(Cl)cc3)CC2)s1. The Morgan fingerprint density at radius 3 is 2.56 bits per heavy atom. The van der Waals surface area contributed by atoms with Crippen LogP contribution in [0.3, 0.4) is 0 Å². The number of nitrogens with two attached hydrogens (primary N) is 1. The molecule has 1 fully saturated rings. The molecule has 1 saturated heterocycles. The summed E-state index contributed by atoms with van der Waals surface area (Å²) in [6.07, 6.45) is 0. The van der Waals surface area contributed by atoms with Crippen LogP contribution in [0.15, 0.2) is 28.6 Å². The number of anilines is 1. The maximum absolute atomic E-state index is 12.3. The van der Waals surface area contributed by atoms with Crippen molar-refractivity contribution in [2.75, 3.05) is 43.4 Å². The van der Waals surface area contributed by atoms with Gasteiger partial charge in [0.2, 0.25) is 11.0 Å². The topological polar surface area (TPSA) is 102 Å². The van der Waals surface area contributed by atoms with Crippen LogP contribution in [0.4, 0.5) is 5.13 Å². The van der Waals surface area contributed by atoms with Crippen LogP contribution >= 0.6 is 34.7 Å². The van der Waals surface area contributed by atoms with Gasteiger partial charge < -0.3 is 20.3 Å². The number of benzene rings is 1. The normalized spacial score (nSPS) is 14.3. The first kappa shape index (κ1) is 19.7. The molecule has 1 aliphatic rings. The number of piperazine rings is 1. The third kappa shape index (κ3) is 5.72. The molecule has 0 radical (unpaired) electrons. The number of halogens is 1. The van der Waals surface area contributed by atoms with Crippen LogP contribution in [0.25, 0.3) is 0 Å². The van der Waals surface area contributed by atoms with Crippen molar-refractivity contribution >= 4 is 51.6 Å². The van der Waals surface area contributed by atoms with Crippen molar-refractivity contribution in [1.29, 1.82) is 0 Å². The maximum atomic E-state index is 12.3. The zero-order valence-electron chi connectivity index (χ0n) is 14.3. The Kier molecular flexibility index (Phi) is 6.75. The molecule has 0 bridgehead atoms. The number of hydrogen-bond donors (Lipinski definition) is 1. The van der Waals surface area contributed by atoms with Gasteiger partial charge in [-0.25, -0.2) is 0 Å². The van der Waals surface area contributed by atoms with Crippen molar-refractivity contribution in [3.63, 3.8) is 0 Å². The summed E-state index contributed by atoms with van der Waals surface area (Å²) in [5.74, 6) is 0.357. The van der Waals surface area contributed by atoms with E-state index in [1.807, 2.05) is 0 Å². The Balaban J connectivity index is 1.44. The van der Waals surface area contributed by atoms with Gasteiger partial charge in [0.05, 0.1) is 5.75 Å². The molecule has 0 atom stereocenters. The highest BCUT2D eigenvalue weighted by atomic mass is 35.5. The minimum atomic E-state index is -0.385. The molecule has 27 heavy (non-hydrogen) atoms. The lowest BCUT2D eigenvalue weighted by Gasteiger charge is -2.34. The smallest absolute Gasteiger partial charge is 0.260 e. The first-order chi connectivity index (χ1) is 13.0. The highest BCUT2D eigenvalue weighted by Gasteiger charge is 2.23. The van der Waals surface area contributed by atoms with Crippen molar-refractivity contribution in [1.82, 2.24) is 15.1 Å². The molecule has 3 rings (SSSR count). The van der Waals surface area contributed by atoms with E-state index in [9.17, 15) is 9.59 Å². The maximum Gasteiger partial charge on any atom is 0.260 e. The van der Waals surface area contributed by atoms with E-state index >= 15 is 0 Å². The number of rotatable bonds is 7. The molecule has 1 aromatic heterocycles. The van der Waals surface area contributed by atoms with Crippen molar-refractivity contribution in [2.24, 2.45) is 5.73 Å². The van der Waals surface area contributed by atoms with Gasteiger partial charge in [0.1, 0.15) is 5.75 Å². The van der Waals surface area contributed by atoms with Crippen LogP contribution in [0, 0.1) is 0 Å². The number of ether oxygens (including phenoxy) is 1. The van der Waals surface area contributed by atoms with Gasteiger partial charge in [0, 0.05) is 31.2 Å². The summed E-state index contributed by atoms with van der Waals surface area (Å²) in [5.41, 5.74) is 5.13. The molecule has 1 aromatic carbocycles. The van der Waals surface area contributed by atoms with Gasteiger partial charge in [0.25, 0.3) is 5.91 Å². The molecular formula is C16H18ClN5O3S2. The molecule has 1 aliphatic heterocycles. The lowest BCUT2D eigenvalue weighted by atomic mass is 10.3. The summed E-state index contributed by atoms with van der Waals surface area (Å²) in [6.45, 7) is 2.51. The fourth-order valence-electron chi connectivity index (χ4n) is 2.44. The largest absolute Gasteiger partial charge is 0.484 e. The van der Waals surface area contributed by atoms with E-state index in [2.05, 4.69) is 15.1 Å². The van der Waals surface area contributed by atoms with Gasteiger partial charge in [-0.1, -0.05) is 34.7 Å². The van der Waals surface area contributed by atoms with E-state index in [-0.39, 0.29) is 24.2 Å². The van der Waals surface area contributed by atoms with Crippen LogP contribution < -0.4 is 15.4 Å². The Labute approximate surface area is 169 Å². The summed E-state index contributed by atoms with van der Waals surface area (Å²) < 4.78 is 6.22. The second kappa shape index (κ2) is 9.25. The minimum Gasteiger partial charge on any atom is -0.484 e. The molecule has 0 saturated carbocycles. The fraction of sp³-hybridized carbons (Fsp3) is 0.375. The van der Waals surface area contributed by atoms with Crippen LogP contribution in [0.1, 0.15) is 0 Å². The van der Waals surface area contributed by atoms with E-state index < -0.39 is 0 Å². The van der Waals surface area contributed by atoms with Gasteiger partial charge in [-0.15, -0.1) is 10.2 Å². The number of nitrogens with zero attached hydrogens (tertiary/aromatic N) is 4. The molecular weight excluding hydrogens is 410 g/mol. The number of hydrogen-bond acceptors (Lipinski definition) is 8. The quantitative estimate of drug-likeness (QED) is 0.668. The second-order valence-corrected chi connectivity index (χ2v) is 8.33. The van der Waals surface area contributed by atoms with E-state index in [0.29, 0.717) is 41.3 Å². The predicted molar refractivity (Wildman–Crippen MR) is 106 cm³/mol. The monoisotopic (exact) mass is 427 g/mol. The first-order valence-corrected chi connectivity index (χ1v) is 10.3. The van der Waals surface area contributed by atoms with Gasteiger partial charge in [0.15, 0.2) is 10.9 Å². The molecule has 2 aromatic rings. The summed E-state index contributed by atoms with van der Waals surface area (Å²) in [7, 11) is 0. The average molecular weight is 428 g/mol. The molecule has 0 unspecified atom stereocenters. The molecule has 2 N–H and O–H groups in total. The highest BCUT2D eigenvalue weighted by Crippen LogP contribution is 2.28. The number of carbonyl (C=O) groups excluding carboxylic acids is 2. The van der Waals surface area contributed by atoms with E-state index in [0.717, 1.165) is 5.13 Å². The average Bonchev–Trinajstić information content (AvgIpc) is 3.15. The Bertz CT molecular complexity index is 794. The van der Waals surface area contributed by atoms with E-state index in [1.165, 1.54) is 23.1 Å². The Morgan fingerprint density at radius 1 is 1.19 bits per heavy atom. The van der Waals surface area contributed by atoms with Gasteiger partial charge in [-0.05, 0) is 24.3 Å². The third-order valence-corrected chi connectivity index (χ3v) is 6.20. The summed E-state index contributed by atoms with van der Waals surface area (Å²) in [4.78, 5) is 27.0. The zero-order chi connectivity index (χ0) is 19.2. The summed E-state index contributed by atoms with van der Waals surface area (Å²) in [5, 5.41) is 9.62.